The van der Waals surface area contributed by atoms with Crippen molar-refractivity contribution in [2.45, 2.75) is 17.9 Å². The molecule has 3 nitrogen and oxygen atoms in total. The Morgan fingerprint density at radius 2 is 1.71 bits per heavy atom. The third kappa shape index (κ3) is 2.56. The van der Waals surface area contributed by atoms with E-state index >= 15 is 0 Å². The molecule has 0 radical (unpaired) electrons. The Kier molecular flexibility index (Phi) is 3.29. The number of sulfone groups is 1. The molecule has 1 rings (SSSR count). The van der Waals surface area contributed by atoms with Gasteiger partial charge in [0.25, 0.3) is 0 Å². The maximum atomic E-state index is 11.2. The summed E-state index contributed by atoms with van der Waals surface area (Å²) >= 11 is 0. The Morgan fingerprint density at radius 3 is 2.07 bits per heavy atom. The highest BCUT2D eigenvalue weighted by Crippen LogP contribution is 2.15. The van der Waals surface area contributed by atoms with Gasteiger partial charge in [-0.1, -0.05) is 12.1 Å². The van der Waals surface area contributed by atoms with E-state index in [4.69, 9.17) is 0 Å². The van der Waals surface area contributed by atoms with Crippen LogP contribution in [0.25, 0.3) is 0 Å². The first-order valence-electron chi connectivity index (χ1n) is 4.42. The largest absolute Gasteiger partial charge is 0.313 e. The van der Waals surface area contributed by atoms with Crippen LogP contribution in [0.4, 0.5) is 0 Å². The average Bonchev–Trinajstić information content (AvgIpc) is 2.15. The van der Waals surface area contributed by atoms with E-state index in [1.165, 1.54) is 6.26 Å². The van der Waals surface area contributed by atoms with Crippen molar-refractivity contribution in [3.63, 3.8) is 0 Å². The average molecular weight is 213 g/mol. The molecular formula is C10H15NO2S. The summed E-state index contributed by atoms with van der Waals surface area (Å²) in [6, 6.07) is 7.18. The van der Waals surface area contributed by atoms with E-state index < -0.39 is 9.84 Å². The Labute approximate surface area is 85.1 Å². The monoisotopic (exact) mass is 213 g/mol. The van der Waals surface area contributed by atoms with Gasteiger partial charge in [0.05, 0.1) is 4.90 Å². The van der Waals surface area contributed by atoms with E-state index in [1.807, 2.05) is 26.1 Å². The minimum Gasteiger partial charge on any atom is -0.313 e. The van der Waals surface area contributed by atoms with Gasteiger partial charge in [-0.05, 0) is 31.7 Å². The molecule has 78 valence electrons. The fraction of sp³-hybridized carbons (Fsp3) is 0.400. The molecule has 0 fully saturated rings. The molecule has 0 aliphatic rings. The fourth-order valence-electron chi connectivity index (χ4n) is 1.17. The topological polar surface area (TPSA) is 46.2 Å². The zero-order chi connectivity index (χ0) is 10.8. The van der Waals surface area contributed by atoms with Crippen LogP contribution in [0.3, 0.4) is 0 Å². The summed E-state index contributed by atoms with van der Waals surface area (Å²) in [7, 11) is -1.20. The maximum absolute atomic E-state index is 11.2. The molecule has 0 saturated carbocycles. The Balaban J connectivity index is 3.01. The molecule has 0 aliphatic carbocycles. The van der Waals surface area contributed by atoms with Crippen LogP contribution >= 0.6 is 0 Å². The van der Waals surface area contributed by atoms with Gasteiger partial charge in [-0.15, -0.1) is 0 Å². The van der Waals surface area contributed by atoms with E-state index in [0.717, 1.165) is 5.56 Å². The standard InChI is InChI=1S/C10H15NO2S/c1-8(11-2)9-4-6-10(7-5-9)14(3,12)13/h4-8,11H,1-3H3/t8-/m1/s1. The molecule has 4 heteroatoms. The number of hydrogen-bond donors (Lipinski definition) is 1. The highest BCUT2D eigenvalue weighted by Gasteiger charge is 2.07. The van der Waals surface area contributed by atoms with Gasteiger partial charge < -0.3 is 5.32 Å². The summed E-state index contributed by atoms with van der Waals surface area (Å²) in [5.74, 6) is 0. The first-order valence-corrected chi connectivity index (χ1v) is 6.31. The molecule has 0 unspecified atom stereocenters. The summed E-state index contributed by atoms with van der Waals surface area (Å²) in [5, 5.41) is 3.09. The van der Waals surface area contributed by atoms with Crippen LogP contribution in [0.5, 0.6) is 0 Å². The fourth-order valence-corrected chi connectivity index (χ4v) is 1.80. The van der Waals surface area contributed by atoms with Gasteiger partial charge in [0.2, 0.25) is 0 Å². The van der Waals surface area contributed by atoms with Crippen LogP contribution in [0, 0.1) is 0 Å². The van der Waals surface area contributed by atoms with Crippen molar-refractivity contribution in [1.82, 2.24) is 5.32 Å². The zero-order valence-corrected chi connectivity index (χ0v) is 9.43. The predicted octanol–water partition coefficient (Wildman–Crippen LogP) is 1.37. The summed E-state index contributed by atoms with van der Waals surface area (Å²) in [6.45, 7) is 2.02. The number of rotatable bonds is 3. The van der Waals surface area contributed by atoms with E-state index in [-0.39, 0.29) is 6.04 Å². The normalized spacial score (nSPS) is 13.9. The minimum absolute atomic E-state index is 0.239. The lowest BCUT2D eigenvalue weighted by atomic mass is 10.1. The third-order valence-corrected chi connectivity index (χ3v) is 3.37. The molecule has 0 heterocycles. The molecule has 1 N–H and O–H groups in total. The molecule has 0 saturated heterocycles. The van der Waals surface area contributed by atoms with Gasteiger partial charge in [0.15, 0.2) is 9.84 Å². The van der Waals surface area contributed by atoms with Crippen molar-refractivity contribution in [3.05, 3.63) is 29.8 Å². The lowest BCUT2D eigenvalue weighted by molar-refractivity contribution is 0.601. The summed E-state index contributed by atoms with van der Waals surface area (Å²) < 4.78 is 22.3. The van der Waals surface area contributed by atoms with Crippen molar-refractivity contribution in [2.75, 3.05) is 13.3 Å². The van der Waals surface area contributed by atoms with Gasteiger partial charge in [0, 0.05) is 12.3 Å². The van der Waals surface area contributed by atoms with Crippen LogP contribution in [0.15, 0.2) is 29.2 Å². The molecule has 0 aliphatic heterocycles. The van der Waals surface area contributed by atoms with Crippen LogP contribution < -0.4 is 5.32 Å². The molecule has 1 atom stereocenters. The second-order valence-corrected chi connectivity index (χ2v) is 5.37. The first kappa shape index (κ1) is 11.2. The predicted molar refractivity (Wildman–Crippen MR) is 57.0 cm³/mol. The molecule has 14 heavy (non-hydrogen) atoms. The molecular weight excluding hydrogens is 198 g/mol. The summed E-state index contributed by atoms with van der Waals surface area (Å²) in [6.07, 6.45) is 1.21. The number of hydrogen-bond acceptors (Lipinski definition) is 3. The van der Waals surface area contributed by atoms with E-state index in [2.05, 4.69) is 5.32 Å². The second-order valence-electron chi connectivity index (χ2n) is 3.35. The molecule has 0 amide bonds. The quantitative estimate of drug-likeness (QED) is 0.825. The van der Waals surface area contributed by atoms with Crippen LogP contribution in [-0.4, -0.2) is 21.7 Å². The third-order valence-electron chi connectivity index (χ3n) is 2.24. The maximum Gasteiger partial charge on any atom is 0.175 e. The molecule has 0 bridgehead atoms. The molecule has 0 spiro atoms. The van der Waals surface area contributed by atoms with Gasteiger partial charge in [-0.2, -0.15) is 0 Å². The number of nitrogens with one attached hydrogen (secondary N) is 1. The van der Waals surface area contributed by atoms with Crippen molar-refractivity contribution in [3.8, 4) is 0 Å². The lowest BCUT2D eigenvalue weighted by Crippen LogP contribution is -2.12. The van der Waals surface area contributed by atoms with Gasteiger partial charge in [-0.3, -0.25) is 0 Å². The summed E-state index contributed by atoms with van der Waals surface area (Å²) in [5.41, 5.74) is 1.08. The summed E-state index contributed by atoms with van der Waals surface area (Å²) in [4.78, 5) is 0.365. The van der Waals surface area contributed by atoms with Crippen LogP contribution in [-0.2, 0) is 9.84 Å². The van der Waals surface area contributed by atoms with Gasteiger partial charge >= 0.3 is 0 Å². The van der Waals surface area contributed by atoms with E-state index in [0.29, 0.717) is 4.90 Å². The van der Waals surface area contributed by atoms with Gasteiger partial charge in [0.1, 0.15) is 0 Å². The lowest BCUT2D eigenvalue weighted by Gasteiger charge is -2.10. The van der Waals surface area contributed by atoms with Crippen molar-refractivity contribution < 1.29 is 8.42 Å². The van der Waals surface area contributed by atoms with Crippen molar-refractivity contribution in [1.29, 1.82) is 0 Å². The second kappa shape index (κ2) is 4.11. The highest BCUT2D eigenvalue weighted by molar-refractivity contribution is 7.90. The van der Waals surface area contributed by atoms with Crippen LogP contribution in [0.1, 0.15) is 18.5 Å². The smallest absolute Gasteiger partial charge is 0.175 e. The van der Waals surface area contributed by atoms with Gasteiger partial charge in [-0.25, -0.2) is 8.42 Å². The van der Waals surface area contributed by atoms with Crippen molar-refractivity contribution >= 4 is 9.84 Å². The number of benzene rings is 1. The Hall–Kier alpha value is -0.870. The molecule has 1 aromatic rings. The Morgan fingerprint density at radius 1 is 1.21 bits per heavy atom. The van der Waals surface area contributed by atoms with Crippen LogP contribution in [0.2, 0.25) is 0 Å². The zero-order valence-electron chi connectivity index (χ0n) is 8.61. The minimum atomic E-state index is -3.07. The first-order chi connectivity index (χ1) is 6.45. The Bertz CT molecular complexity index is 395. The highest BCUT2D eigenvalue weighted by atomic mass is 32.2. The van der Waals surface area contributed by atoms with Crippen molar-refractivity contribution in [2.24, 2.45) is 0 Å². The van der Waals surface area contributed by atoms with E-state index in [1.54, 1.807) is 12.1 Å². The SMILES string of the molecule is CN[C@H](C)c1ccc(S(C)(=O)=O)cc1. The molecule has 1 aromatic carbocycles. The molecule has 0 aromatic heterocycles. The van der Waals surface area contributed by atoms with E-state index in [9.17, 15) is 8.42 Å².